The summed E-state index contributed by atoms with van der Waals surface area (Å²) < 4.78 is 0. The van der Waals surface area contributed by atoms with E-state index in [1.807, 2.05) is 48.2 Å². The molecule has 0 spiro atoms. The summed E-state index contributed by atoms with van der Waals surface area (Å²) in [7, 11) is 1.65. The van der Waals surface area contributed by atoms with Gasteiger partial charge >= 0.3 is 0 Å². The smallest absolute Gasteiger partial charge is 0.257 e. The van der Waals surface area contributed by atoms with Gasteiger partial charge < -0.3 is 15.2 Å². The van der Waals surface area contributed by atoms with Crippen LogP contribution in [-0.4, -0.2) is 69.3 Å². The minimum absolute atomic E-state index is 0.0293. The van der Waals surface area contributed by atoms with Gasteiger partial charge in [0.15, 0.2) is 0 Å². The molecule has 0 aliphatic carbocycles. The number of imidazole rings is 1. The number of hydrogen-bond acceptors (Lipinski definition) is 5. The molecule has 1 aliphatic rings. The number of H-pyrrole nitrogens is 1. The van der Waals surface area contributed by atoms with Crippen molar-refractivity contribution in [3.8, 4) is 0 Å². The van der Waals surface area contributed by atoms with Crippen LogP contribution < -0.4 is 5.32 Å². The maximum Gasteiger partial charge on any atom is 0.257 e. The molecule has 0 saturated carbocycles. The molecule has 2 aromatic carbocycles. The summed E-state index contributed by atoms with van der Waals surface area (Å²) in [6.07, 6.45) is 3.56. The number of piperazine rings is 1. The second kappa shape index (κ2) is 10.3. The molecule has 2 N–H and O–H groups in total. The summed E-state index contributed by atoms with van der Waals surface area (Å²) in [4.78, 5) is 42.3. The van der Waals surface area contributed by atoms with E-state index in [2.05, 4.69) is 49.4 Å². The molecular formula is C28H30N6O2. The van der Waals surface area contributed by atoms with Crippen molar-refractivity contribution >= 4 is 22.8 Å². The Morgan fingerprint density at radius 2 is 1.69 bits per heavy atom. The number of pyridine rings is 1. The molecule has 2 aromatic heterocycles. The topological polar surface area (TPSA) is 94.2 Å². The lowest BCUT2D eigenvalue weighted by Gasteiger charge is -2.45. The number of benzene rings is 2. The number of nitrogens with zero attached hydrogens (tertiary/aromatic N) is 4. The van der Waals surface area contributed by atoms with Crippen molar-refractivity contribution in [2.75, 3.05) is 26.7 Å². The van der Waals surface area contributed by atoms with Gasteiger partial charge in [0.1, 0.15) is 11.3 Å². The minimum atomic E-state index is -0.166. The molecule has 8 nitrogen and oxygen atoms in total. The zero-order chi connectivity index (χ0) is 25.1. The monoisotopic (exact) mass is 482 g/mol. The van der Waals surface area contributed by atoms with Gasteiger partial charge in [0.05, 0.1) is 23.3 Å². The zero-order valence-corrected chi connectivity index (χ0v) is 20.5. The number of fused-ring (bicyclic) bond motifs is 1. The molecule has 1 fully saturated rings. The molecule has 2 amide bonds. The molecule has 1 saturated heterocycles. The van der Waals surface area contributed by atoms with E-state index in [-0.39, 0.29) is 23.9 Å². The van der Waals surface area contributed by atoms with Gasteiger partial charge in [0.25, 0.3) is 5.91 Å². The number of aromatic nitrogens is 3. The van der Waals surface area contributed by atoms with Crippen molar-refractivity contribution in [3.63, 3.8) is 0 Å². The van der Waals surface area contributed by atoms with Crippen LogP contribution in [0, 0.1) is 6.92 Å². The van der Waals surface area contributed by atoms with E-state index in [4.69, 9.17) is 0 Å². The number of rotatable bonds is 6. The third-order valence-corrected chi connectivity index (χ3v) is 6.82. The van der Waals surface area contributed by atoms with Crippen LogP contribution in [-0.2, 0) is 4.79 Å². The van der Waals surface area contributed by atoms with Crippen molar-refractivity contribution in [2.45, 2.75) is 25.4 Å². The first-order valence-corrected chi connectivity index (χ1v) is 12.2. The molecular weight excluding hydrogens is 452 g/mol. The standard InChI is InChI=1S/C28H30N6O2/c1-19-31-24-17-30-16-23(26(24)32-19)28(36)33-13-14-34(22(18-33)15-25(35)29-2)27(20-9-5-3-6-10-20)21-11-7-4-8-12-21/h3-12,16-17,22,27H,13-15,18H2,1-2H3,(H,29,35)(H,31,32). The second-order valence-electron chi connectivity index (χ2n) is 9.15. The van der Waals surface area contributed by atoms with E-state index in [1.165, 1.54) is 0 Å². The molecule has 1 aliphatic heterocycles. The van der Waals surface area contributed by atoms with Crippen LogP contribution in [0.15, 0.2) is 73.1 Å². The van der Waals surface area contributed by atoms with Crippen LogP contribution in [0.5, 0.6) is 0 Å². The lowest BCUT2D eigenvalue weighted by molar-refractivity contribution is -0.122. The van der Waals surface area contributed by atoms with Gasteiger partial charge in [-0.25, -0.2) is 4.98 Å². The summed E-state index contributed by atoms with van der Waals surface area (Å²) in [6.45, 7) is 3.46. The van der Waals surface area contributed by atoms with E-state index in [0.717, 1.165) is 22.5 Å². The SMILES string of the molecule is CNC(=O)CC1CN(C(=O)c2cncc3[nH]c(C)nc23)CCN1C(c1ccccc1)c1ccccc1. The van der Waals surface area contributed by atoms with Crippen molar-refractivity contribution in [2.24, 2.45) is 0 Å². The van der Waals surface area contributed by atoms with Crippen LogP contribution in [0.4, 0.5) is 0 Å². The summed E-state index contributed by atoms with van der Waals surface area (Å²) >= 11 is 0. The van der Waals surface area contributed by atoms with Crippen molar-refractivity contribution < 1.29 is 9.59 Å². The van der Waals surface area contributed by atoms with Crippen molar-refractivity contribution in [1.29, 1.82) is 0 Å². The van der Waals surface area contributed by atoms with E-state index in [9.17, 15) is 9.59 Å². The molecule has 1 unspecified atom stereocenters. The van der Waals surface area contributed by atoms with Gasteiger partial charge in [-0.15, -0.1) is 0 Å². The van der Waals surface area contributed by atoms with Crippen molar-refractivity contribution in [1.82, 2.24) is 30.1 Å². The van der Waals surface area contributed by atoms with Gasteiger partial charge in [0.2, 0.25) is 5.91 Å². The highest BCUT2D eigenvalue weighted by atomic mass is 16.2. The Bertz CT molecular complexity index is 1310. The van der Waals surface area contributed by atoms with Crippen LogP contribution in [0.25, 0.3) is 11.0 Å². The third-order valence-electron chi connectivity index (χ3n) is 6.82. The number of hydrogen-bond donors (Lipinski definition) is 2. The van der Waals surface area contributed by atoms with Crippen LogP contribution in [0.3, 0.4) is 0 Å². The lowest BCUT2D eigenvalue weighted by atomic mass is 9.93. The minimum Gasteiger partial charge on any atom is -0.359 e. The zero-order valence-electron chi connectivity index (χ0n) is 20.5. The summed E-state index contributed by atoms with van der Waals surface area (Å²) in [5.41, 5.74) is 4.17. The number of nitrogens with one attached hydrogen (secondary N) is 2. The van der Waals surface area contributed by atoms with Crippen LogP contribution in [0.2, 0.25) is 0 Å². The molecule has 8 heteroatoms. The van der Waals surface area contributed by atoms with Gasteiger partial charge in [0, 0.05) is 45.3 Å². The maximum atomic E-state index is 13.7. The quantitative estimate of drug-likeness (QED) is 0.440. The van der Waals surface area contributed by atoms with E-state index in [1.54, 1.807) is 19.4 Å². The normalized spacial score (nSPS) is 16.4. The van der Waals surface area contributed by atoms with E-state index >= 15 is 0 Å². The Hall–Kier alpha value is -4.04. The average Bonchev–Trinajstić information content (AvgIpc) is 3.30. The highest BCUT2D eigenvalue weighted by Crippen LogP contribution is 2.33. The maximum absolute atomic E-state index is 13.7. The van der Waals surface area contributed by atoms with Crippen molar-refractivity contribution in [3.05, 3.63) is 95.6 Å². The Kier molecular flexibility index (Phi) is 6.77. The number of amides is 2. The molecule has 0 bridgehead atoms. The number of aryl methyl sites for hydroxylation is 1. The molecule has 3 heterocycles. The first kappa shape index (κ1) is 23.7. The highest BCUT2D eigenvalue weighted by molar-refractivity contribution is 6.04. The summed E-state index contributed by atoms with van der Waals surface area (Å²) in [6, 6.07) is 20.5. The second-order valence-corrected chi connectivity index (χ2v) is 9.15. The Labute approximate surface area is 210 Å². The van der Waals surface area contributed by atoms with Crippen LogP contribution >= 0.6 is 0 Å². The lowest BCUT2D eigenvalue weighted by Crippen LogP contribution is -2.56. The molecule has 5 rings (SSSR count). The predicted molar refractivity (Wildman–Crippen MR) is 138 cm³/mol. The Balaban J connectivity index is 1.48. The van der Waals surface area contributed by atoms with Gasteiger partial charge in [-0.2, -0.15) is 0 Å². The molecule has 1 atom stereocenters. The fraction of sp³-hybridized carbons (Fsp3) is 0.286. The van der Waals surface area contributed by atoms with Gasteiger partial charge in [-0.1, -0.05) is 60.7 Å². The summed E-state index contributed by atoms with van der Waals surface area (Å²) in [5.74, 6) is 0.575. The molecule has 4 aromatic rings. The molecule has 36 heavy (non-hydrogen) atoms. The number of aromatic amines is 1. The first-order valence-electron chi connectivity index (χ1n) is 12.2. The fourth-order valence-electron chi connectivity index (χ4n) is 5.12. The Morgan fingerprint density at radius 3 is 2.33 bits per heavy atom. The van der Waals surface area contributed by atoms with E-state index < -0.39 is 0 Å². The predicted octanol–water partition coefficient (Wildman–Crippen LogP) is 3.32. The number of carbonyl (C=O) groups excluding carboxylic acids is 2. The Morgan fingerprint density at radius 1 is 1.03 bits per heavy atom. The molecule has 184 valence electrons. The average molecular weight is 483 g/mol. The third kappa shape index (κ3) is 4.72. The van der Waals surface area contributed by atoms with Gasteiger partial charge in [-0.05, 0) is 18.1 Å². The largest absolute Gasteiger partial charge is 0.359 e. The molecule has 0 radical (unpaired) electrons. The highest BCUT2D eigenvalue weighted by Gasteiger charge is 2.37. The fourth-order valence-corrected chi connectivity index (χ4v) is 5.12. The van der Waals surface area contributed by atoms with Crippen LogP contribution in [0.1, 0.15) is 39.8 Å². The summed E-state index contributed by atoms with van der Waals surface area (Å²) in [5, 5.41) is 2.76. The first-order chi connectivity index (χ1) is 17.5. The number of carbonyl (C=O) groups is 2. The van der Waals surface area contributed by atoms with E-state index in [0.29, 0.717) is 37.1 Å². The van der Waals surface area contributed by atoms with Gasteiger partial charge in [-0.3, -0.25) is 19.5 Å².